The average Bonchev–Trinajstić information content (AvgIpc) is 2.26. The first-order valence-electron chi connectivity index (χ1n) is 6.29. The van der Waals surface area contributed by atoms with Crippen molar-refractivity contribution in [1.29, 1.82) is 0 Å². The quantitative estimate of drug-likeness (QED) is 0.619. The number of aliphatic hydroxyl groups excluding tert-OH is 1. The van der Waals surface area contributed by atoms with Crippen LogP contribution < -0.4 is 5.32 Å². The van der Waals surface area contributed by atoms with Crippen LogP contribution in [0.1, 0.15) is 27.2 Å². The topological polar surface area (TPSA) is 35.5 Å². The van der Waals surface area contributed by atoms with Gasteiger partial charge in [-0.3, -0.25) is 4.90 Å². The first-order valence-corrected chi connectivity index (χ1v) is 6.29. The van der Waals surface area contributed by atoms with E-state index in [4.69, 9.17) is 5.11 Å². The Balaban J connectivity index is 4.34. The number of halogens is 2. The number of nitrogens with zero attached hydrogens (tertiary/aromatic N) is 1. The lowest BCUT2D eigenvalue weighted by Gasteiger charge is -2.34. The lowest BCUT2D eigenvalue weighted by molar-refractivity contribution is 0.0533. The molecule has 2 N–H and O–H groups in total. The Kier molecular flexibility index (Phi) is 8.64. The van der Waals surface area contributed by atoms with E-state index in [0.29, 0.717) is 13.1 Å². The minimum Gasteiger partial charge on any atom is -0.395 e. The van der Waals surface area contributed by atoms with E-state index in [1.54, 1.807) is 4.90 Å². The number of aliphatic hydroxyl groups is 1. The summed E-state index contributed by atoms with van der Waals surface area (Å²) in [7, 11) is 0. The van der Waals surface area contributed by atoms with Crippen molar-refractivity contribution in [3.8, 4) is 0 Å². The molecule has 3 nitrogen and oxygen atoms in total. The molecule has 0 rings (SSSR count). The van der Waals surface area contributed by atoms with Crippen LogP contribution in [-0.2, 0) is 0 Å². The fourth-order valence-corrected chi connectivity index (χ4v) is 1.83. The molecule has 0 aromatic rings. The summed E-state index contributed by atoms with van der Waals surface area (Å²) in [5, 5.41) is 12.2. The highest BCUT2D eigenvalue weighted by molar-refractivity contribution is 4.80. The van der Waals surface area contributed by atoms with Gasteiger partial charge in [-0.2, -0.15) is 0 Å². The Bertz CT molecular complexity index is 193. The van der Waals surface area contributed by atoms with Crippen molar-refractivity contribution >= 4 is 0 Å². The number of nitrogens with one attached hydrogen (secondary N) is 1. The van der Waals surface area contributed by atoms with E-state index in [0.717, 1.165) is 19.5 Å². The third kappa shape index (κ3) is 7.63. The first-order chi connectivity index (χ1) is 7.97. The van der Waals surface area contributed by atoms with Crippen molar-refractivity contribution < 1.29 is 13.9 Å². The van der Waals surface area contributed by atoms with Crippen molar-refractivity contribution in [2.75, 3.05) is 39.3 Å². The summed E-state index contributed by atoms with van der Waals surface area (Å²) in [6, 6.07) is 0. The first kappa shape index (κ1) is 16.7. The van der Waals surface area contributed by atoms with Crippen LogP contribution in [0.25, 0.3) is 0 Å². The fourth-order valence-electron chi connectivity index (χ4n) is 1.83. The molecule has 0 aliphatic heterocycles. The normalized spacial score (nSPS) is 15.5. The molecule has 0 amide bonds. The predicted molar refractivity (Wildman–Crippen MR) is 66.5 cm³/mol. The van der Waals surface area contributed by atoms with Gasteiger partial charge in [0, 0.05) is 19.6 Å². The highest BCUT2D eigenvalue weighted by Gasteiger charge is 2.26. The van der Waals surface area contributed by atoms with Gasteiger partial charge in [-0.25, -0.2) is 8.78 Å². The Morgan fingerprint density at radius 1 is 1.35 bits per heavy atom. The van der Waals surface area contributed by atoms with Crippen LogP contribution in [-0.4, -0.2) is 55.8 Å². The summed E-state index contributed by atoms with van der Waals surface area (Å²) < 4.78 is 24.8. The van der Waals surface area contributed by atoms with Crippen LogP contribution in [0.3, 0.4) is 0 Å². The monoisotopic (exact) mass is 252 g/mol. The van der Waals surface area contributed by atoms with Crippen LogP contribution in [0.15, 0.2) is 0 Å². The minimum absolute atomic E-state index is 0.0277. The van der Waals surface area contributed by atoms with E-state index in [1.165, 1.54) is 0 Å². The second-order valence-corrected chi connectivity index (χ2v) is 4.79. The zero-order chi connectivity index (χ0) is 13.3. The third-order valence-electron chi connectivity index (χ3n) is 3.07. The molecule has 104 valence electrons. The van der Waals surface area contributed by atoms with E-state index in [-0.39, 0.29) is 18.6 Å². The lowest BCUT2D eigenvalue weighted by Crippen LogP contribution is -2.44. The van der Waals surface area contributed by atoms with Gasteiger partial charge < -0.3 is 10.4 Å². The molecule has 0 radical (unpaired) electrons. The van der Waals surface area contributed by atoms with Crippen LogP contribution in [0.2, 0.25) is 0 Å². The van der Waals surface area contributed by atoms with Gasteiger partial charge in [-0.05, 0) is 18.4 Å². The van der Waals surface area contributed by atoms with Gasteiger partial charge in [0.2, 0.25) is 0 Å². The maximum atomic E-state index is 12.4. The van der Waals surface area contributed by atoms with E-state index < -0.39 is 6.43 Å². The molecular weight excluding hydrogens is 226 g/mol. The molecule has 1 unspecified atom stereocenters. The zero-order valence-electron chi connectivity index (χ0n) is 11.2. The Hall–Kier alpha value is -0.260. The maximum absolute atomic E-state index is 12.4. The predicted octanol–water partition coefficient (Wildman–Crippen LogP) is 1.57. The summed E-state index contributed by atoms with van der Waals surface area (Å²) in [5.74, 6) is 0. The third-order valence-corrected chi connectivity index (χ3v) is 3.07. The SMILES string of the molecule is CCNCC(C)(CC)CN(CCO)CC(F)F. The Morgan fingerprint density at radius 2 is 2.00 bits per heavy atom. The standard InChI is InChI=1S/C12H26F2N2O/c1-4-12(3,9-15-5-2)10-16(6-7-17)8-11(13)14/h11,15,17H,4-10H2,1-3H3. The van der Waals surface area contributed by atoms with Crippen molar-refractivity contribution in [3.63, 3.8) is 0 Å². The van der Waals surface area contributed by atoms with Gasteiger partial charge in [0.1, 0.15) is 0 Å². The second kappa shape index (κ2) is 8.78. The zero-order valence-corrected chi connectivity index (χ0v) is 11.2. The highest BCUT2D eigenvalue weighted by Crippen LogP contribution is 2.22. The van der Waals surface area contributed by atoms with Crippen molar-refractivity contribution in [1.82, 2.24) is 10.2 Å². The molecule has 1 atom stereocenters. The fraction of sp³-hybridized carbons (Fsp3) is 1.00. The Labute approximate surface area is 103 Å². The van der Waals surface area contributed by atoms with Crippen LogP contribution in [0.4, 0.5) is 8.78 Å². The molecule has 0 aliphatic rings. The summed E-state index contributed by atoms with van der Waals surface area (Å²) in [5.41, 5.74) is -0.0277. The molecule has 0 aliphatic carbocycles. The summed E-state index contributed by atoms with van der Waals surface area (Å²) in [6.45, 7) is 8.43. The highest BCUT2D eigenvalue weighted by atomic mass is 19.3. The molecule has 0 fully saturated rings. The number of rotatable bonds is 10. The molecule has 0 saturated carbocycles. The van der Waals surface area contributed by atoms with Crippen molar-refractivity contribution in [2.24, 2.45) is 5.41 Å². The van der Waals surface area contributed by atoms with Gasteiger partial charge >= 0.3 is 0 Å². The molecular formula is C12H26F2N2O. The molecule has 0 spiro atoms. The molecule has 0 saturated heterocycles. The van der Waals surface area contributed by atoms with E-state index in [2.05, 4.69) is 19.2 Å². The van der Waals surface area contributed by atoms with Crippen LogP contribution in [0.5, 0.6) is 0 Å². The molecule has 0 heterocycles. The molecule has 0 bridgehead atoms. The van der Waals surface area contributed by atoms with E-state index in [9.17, 15) is 8.78 Å². The summed E-state index contributed by atoms with van der Waals surface area (Å²) in [4.78, 5) is 1.64. The molecule has 17 heavy (non-hydrogen) atoms. The van der Waals surface area contributed by atoms with Gasteiger partial charge in [0.25, 0.3) is 6.43 Å². The Morgan fingerprint density at radius 3 is 2.41 bits per heavy atom. The van der Waals surface area contributed by atoms with Gasteiger partial charge in [-0.1, -0.05) is 20.8 Å². The summed E-state index contributed by atoms with van der Waals surface area (Å²) >= 11 is 0. The average molecular weight is 252 g/mol. The van der Waals surface area contributed by atoms with Gasteiger partial charge in [-0.15, -0.1) is 0 Å². The van der Waals surface area contributed by atoms with Gasteiger partial charge in [0.15, 0.2) is 0 Å². The smallest absolute Gasteiger partial charge is 0.251 e. The van der Waals surface area contributed by atoms with Gasteiger partial charge in [0.05, 0.1) is 13.2 Å². The second-order valence-electron chi connectivity index (χ2n) is 4.79. The largest absolute Gasteiger partial charge is 0.395 e. The number of hydrogen-bond donors (Lipinski definition) is 2. The molecule has 5 heteroatoms. The van der Waals surface area contributed by atoms with Crippen molar-refractivity contribution in [3.05, 3.63) is 0 Å². The number of alkyl halides is 2. The molecule has 0 aromatic heterocycles. The van der Waals surface area contributed by atoms with Crippen LogP contribution >= 0.6 is 0 Å². The van der Waals surface area contributed by atoms with E-state index >= 15 is 0 Å². The maximum Gasteiger partial charge on any atom is 0.251 e. The minimum atomic E-state index is -2.35. The van der Waals surface area contributed by atoms with Crippen LogP contribution in [0, 0.1) is 5.41 Å². The summed E-state index contributed by atoms with van der Waals surface area (Å²) in [6.07, 6.45) is -1.42. The molecule has 0 aromatic carbocycles. The lowest BCUT2D eigenvalue weighted by atomic mass is 9.86. The van der Waals surface area contributed by atoms with Crippen molar-refractivity contribution in [2.45, 2.75) is 33.6 Å². The van der Waals surface area contributed by atoms with E-state index in [1.807, 2.05) is 6.92 Å². The number of hydrogen-bond acceptors (Lipinski definition) is 3.